The van der Waals surface area contributed by atoms with Crippen LogP contribution in [0.5, 0.6) is 0 Å². The number of carbonyl (C=O) groups excluding carboxylic acids is 2. The quantitative estimate of drug-likeness (QED) is 0.857. The van der Waals surface area contributed by atoms with Crippen molar-refractivity contribution < 1.29 is 9.59 Å². The first-order valence-electron chi connectivity index (χ1n) is 9.87. The van der Waals surface area contributed by atoms with E-state index in [-0.39, 0.29) is 17.7 Å². The van der Waals surface area contributed by atoms with Crippen molar-refractivity contribution in [1.82, 2.24) is 4.90 Å². The zero-order valence-corrected chi connectivity index (χ0v) is 16.6. The molecule has 0 bridgehead atoms. The third kappa shape index (κ3) is 4.08. The molecule has 1 saturated heterocycles. The lowest BCUT2D eigenvalue weighted by atomic mass is 9.87. The number of nitrogens with zero attached hydrogens (tertiary/aromatic N) is 1. The molecular weight excluding hydrogens is 356 g/mol. The largest absolute Gasteiger partial charge is 0.338 e. The van der Waals surface area contributed by atoms with Gasteiger partial charge in [0.05, 0.1) is 4.88 Å². The highest BCUT2D eigenvalue weighted by atomic mass is 32.1. The number of hydrogen-bond acceptors (Lipinski definition) is 3. The van der Waals surface area contributed by atoms with Crippen LogP contribution in [0.2, 0.25) is 0 Å². The van der Waals surface area contributed by atoms with Crippen LogP contribution < -0.4 is 5.32 Å². The summed E-state index contributed by atoms with van der Waals surface area (Å²) in [7, 11) is 0. The van der Waals surface area contributed by atoms with Gasteiger partial charge in [-0.3, -0.25) is 9.59 Å². The summed E-state index contributed by atoms with van der Waals surface area (Å²) < 4.78 is 0. The van der Waals surface area contributed by atoms with Gasteiger partial charge in [-0.1, -0.05) is 25.1 Å². The molecule has 0 saturated carbocycles. The van der Waals surface area contributed by atoms with E-state index in [2.05, 4.69) is 12.2 Å². The first-order valence-corrected chi connectivity index (χ1v) is 10.7. The predicted molar refractivity (Wildman–Crippen MR) is 109 cm³/mol. The van der Waals surface area contributed by atoms with Gasteiger partial charge >= 0.3 is 0 Å². The van der Waals surface area contributed by atoms with Crippen molar-refractivity contribution in [2.45, 2.75) is 39.0 Å². The Bertz CT molecular complexity index is 822. The second-order valence-electron chi connectivity index (χ2n) is 7.83. The minimum Gasteiger partial charge on any atom is -0.338 e. The van der Waals surface area contributed by atoms with Gasteiger partial charge in [0.2, 0.25) is 5.91 Å². The molecule has 2 aromatic rings. The van der Waals surface area contributed by atoms with Crippen LogP contribution in [-0.2, 0) is 17.6 Å². The molecule has 5 heteroatoms. The van der Waals surface area contributed by atoms with Gasteiger partial charge in [0.25, 0.3) is 5.91 Å². The molecule has 27 heavy (non-hydrogen) atoms. The van der Waals surface area contributed by atoms with E-state index in [9.17, 15) is 9.59 Å². The van der Waals surface area contributed by atoms with Gasteiger partial charge in [-0.25, -0.2) is 0 Å². The molecule has 2 heterocycles. The topological polar surface area (TPSA) is 49.4 Å². The maximum Gasteiger partial charge on any atom is 0.263 e. The number of piperidine rings is 1. The molecular formula is C22H26N2O2S. The van der Waals surface area contributed by atoms with E-state index in [0.717, 1.165) is 61.7 Å². The van der Waals surface area contributed by atoms with Gasteiger partial charge in [-0.2, -0.15) is 0 Å². The van der Waals surface area contributed by atoms with Crippen molar-refractivity contribution in [3.05, 3.63) is 51.7 Å². The molecule has 1 aliphatic heterocycles. The molecule has 0 unspecified atom stereocenters. The predicted octanol–water partition coefficient (Wildman–Crippen LogP) is 4.36. The van der Waals surface area contributed by atoms with Crippen molar-refractivity contribution in [2.24, 2.45) is 11.8 Å². The van der Waals surface area contributed by atoms with Crippen LogP contribution in [0.1, 0.15) is 46.3 Å². The Labute approximate surface area is 164 Å². The molecule has 1 fully saturated rings. The summed E-state index contributed by atoms with van der Waals surface area (Å²) in [6.07, 6.45) is 4.66. The summed E-state index contributed by atoms with van der Waals surface area (Å²) in [5, 5.41) is 3.02. The molecule has 0 spiro atoms. The van der Waals surface area contributed by atoms with Gasteiger partial charge < -0.3 is 10.2 Å². The average Bonchev–Trinajstić information content (AvgIpc) is 3.12. The molecule has 1 aliphatic carbocycles. The zero-order valence-electron chi connectivity index (χ0n) is 15.7. The molecule has 142 valence electrons. The number of anilines is 1. The first kappa shape index (κ1) is 18.2. The Morgan fingerprint density at radius 1 is 1.11 bits per heavy atom. The van der Waals surface area contributed by atoms with Crippen LogP contribution in [0.25, 0.3) is 0 Å². The van der Waals surface area contributed by atoms with Gasteiger partial charge in [0.1, 0.15) is 0 Å². The molecule has 0 radical (unpaired) electrons. The van der Waals surface area contributed by atoms with Gasteiger partial charge in [-0.05, 0) is 61.8 Å². The smallest absolute Gasteiger partial charge is 0.263 e. The fourth-order valence-corrected chi connectivity index (χ4v) is 5.16. The molecule has 1 aromatic carbocycles. The fourth-order valence-electron chi connectivity index (χ4n) is 3.99. The summed E-state index contributed by atoms with van der Waals surface area (Å²) >= 11 is 1.63. The number of para-hydroxylation sites is 1. The van der Waals surface area contributed by atoms with Crippen molar-refractivity contribution in [3.8, 4) is 0 Å². The molecule has 2 aliphatic rings. The second kappa shape index (κ2) is 7.85. The third-order valence-corrected chi connectivity index (χ3v) is 7.00. The minimum absolute atomic E-state index is 0.0221. The highest BCUT2D eigenvalue weighted by molar-refractivity contribution is 7.14. The van der Waals surface area contributed by atoms with Gasteiger partial charge in [0.15, 0.2) is 0 Å². The van der Waals surface area contributed by atoms with Crippen LogP contribution in [0.3, 0.4) is 0 Å². The SMILES string of the molecule is CC1CCN(C(=O)c2cc3c(s2)CC[C@@H](C(=O)Nc2ccccc2)C3)CC1. The van der Waals surface area contributed by atoms with E-state index in [0.29, 0.717) is 0 Å². The number of thiophene rings is 1. The number of rotatable bonds is 3. The molecule has 1 atom stereocenters. The first-order chi connectivity index (χ1) is 13.1. The third-order valence-electron chi connectivity index (χ3n) is 5.78. The van der Waals surface area contributed by atoms with Crippen molar-refractivity contribution in [2.75, 3.05) is 18.4 Å². The lowest BCUT2D eigenvalue weighted by Crippen LogP contribution is -2.37. The summed E-state index contributed by atoms with van der Waals surface area (Å²) in [6, 6.07) is 11.6. The standard InChI is InChI=1S/C22H26N2O2S/c1-15-9-11-24(12-10-15)22(26)20-14-17-13-16(7-8-19(17)27-20)21(25)23-18-5-3-2-4-6-18/h2-6,14-16H,7-13H2,1H3,(H,23,25)/t16-/m1/s1. The summed E-state index contributed by atoms with van der Waals surface area (Å²) in [4.78, 5) is 29.6. The Kier molecular flexibility index (Phi) is 5.30. The number of benzene rings is 1. The van der Waals surface area contributed by atoms with Crippen LogP contribution >= 0.6 is 11.3 Å². The normalized spacial score (nSPS) is 20.2. The lowest BCUT2D eigenvalue weighted by molar-refractivity contribution is -0.120. The lowest BCUT2D eigenvalue weighted by Gasteiger charge is -2.29. The van der Waals surface area contributed by atoms with E-state index in [1.165, 1.54) is 10.4 Å². The highest BCUT2D eigenvalue weighted by Gasteiger charge is 2.29. The number of aryl methyl sites for hydroxylation is 1. The number of nitrogens with one attached hydrogen (secondary N) is 1. The van der Waals surface area contributed by atoms with Crippen LogP contribution in [-0.4, -0.2) is 29.8 Å². The minimum atomic E-state index is -0.0221. The molecule has 2 amide bonds. The van der Waals surface area contributed by atoms with E-state index in [1.54, 1.807) is 11.3 Å². The number of likely N-dealkylation sites (tertiary alicyclic amines) is 1. The number of hydrogen-bond donors (Lipinski definition) is 1. The molecule has 4 nitrogen and oxygen atoms in total. The molecule has 1 N–H and O–H groups in total. The Hall–Kier alpha value is -2.14. The summed E-state index contributed by atoms with van der Waals surface area (Å²) in [5.74, 6) is 0.947. The highest BCUT2D eigenvalue weighted by Crippen LogP contribution is 2.34. The maximum atomic E-state index is 12.8. The van der Waals surface area contributed by atoms with Gasteiger partial charge in [0, 0.05) is 29.6 Å². The van der Waals surface area contributed by atoms with Crippen LogP contribution in [0.15, 0.2) is 36.4 Å². The maximum absolute atomic E-state index is 12.8. The average molecular weight is 383 g/mol. The van der Waals surface area contributed by atoms with Crippen molar-refractivity contribution in [3.63, 3.8) is 0 Å². The molecule has 1 aromatic heterocycles. The van der Waals surface area contributed by atoms with Crippen molar-refractivity contribution in [1.29, 1.82) is 0 Å². The van der Waals surface area contributed by atoms with E-state index in [4.69, 9.17) is 0 Å². The fraction of sp³-hybridized carbons (Fsp3) is 0.455. The summed E-state index contributed by atoms with van der Waals surface area (Å²) in [6.45, 7) is 3.99. The monoisotopic (exact) mass is 382 g/mol. The number of fused-ring (bicyclic) bond motifs is 1. The molecule has 4 rings (SSSR count). The second-order valence-corrected chi connectivity index (χ2v) is 8.97. The zero-order chi connectivity index (χ0) is 18.8. The number of carbonyl (C=O) groups is 2. The van der Waals surface area contributed by atoms with Gasteiger partial charge in [-0.15, -0.1) is 11.3 Å². The van der Waals surface area contributed by atoms with Crippen molar-refractivity contribution >= 4 is 28.8 Å². The van der Waals surface area contributed by atoms with Crippen LogP contribution in [0.4, 0.5) is 5.69 Å². The Morgan fingerprint density at radius 2 is 1.85 bits per heavy atom. The van der Waals surface area contributed by atoms with Crippen LogP contribution in [0, 0.1) is 11.8 Å². The van der Waals surface area contributed by atoms with E-state index < -0.39 is 0 Å². The van der Waals surface area contributed by atoms with E-state index in [1.807, 2.05) is 41.3 Å². The Balaban J connectivity index is 1.41. The summed E-state index contributed by atoms with van der Waals surface area (Å²) in [5.41, 5.74) is 2.03. The number of amides is 2. The van der Waals surface area contributed by atoms with E-state index >= 15 is 0 Å². The Morgan fingerprint density at radius 3 is 2.59 bits per heavy atom.